The number of aryl methyl sites for hydroxylation is 1. The van der Waals surface area contributed by atoms with E-state index in [1.165, 1.54) is 18.4 Å². The Kier molecular flexibility index (Phi) is 2.70. The number of fused-ring (bicyclic) bond motifs is 1. The van der Waals surface area contributed by atoms with Gasteiger partial charge in [-0.1, -0.05) is 0 Å². The summed E-state index contributed by atoms with van der Waals surface area (Å²) in [6, 6.07) is 4.59. The molecule has 2 N–H and O–H groups in total. The molecule has 2 heterocycles. The van der Waals surface area contributed by atoms with Crippen LogP contribution in [0.25, 0.3) is 5.65 Å². The molecule has 1 aliphatic rings. The minimum absolute atomic E-state index is 0.402. The van der Waals surface area contributed by atoms with Crippen LogP contribution in [0.5, 0.6) is 0 Å². The minimum atomic E-state index is 0.402. The Morgan fingerprint density at radius 2 is 2.28 bits per heavy atom. The first-order valence-electron chi connectivity index (χ1n) is 6.44. The summed E-state index contributed by atoms with van der Waals surface area (Å²) in [4.78, 5) is 6.52. The zero-order chi connectivity index (χ0) is 12.7. The zero-order valence-corrected chi connectivity index (χ0v) is 10.9. The molecule has 0 bridgehead atoms. The molecule has 1 saturated carbocycles. The minimum Gasteiger partial charge on any atom is -0.355 e. The molecule has 1 aliphatic carbocycles. The third-order valence-corrected chi connectivity index (χ3v) is 3.77. The standard InChI is InChI=1S/C13H19N5/c1-9-5-12-15-8-16-18(12)13(6-9)17(2)11(7-14)10-3-4-10/h5-6,8,10-11H,3-4,7,14H2,1-2H3. The predicted octanol–water partition coefficient (Wildman–Crippen LogP) is 1.21. The molecule has 0 saturated heterocycles. The number of hydrogen-bond donors (Lipinski definition) is 1. The summed E-state index contributed by atoms with van der Waals surface area (Å²) < 4.78 is 1.89. The van der Waals surface area contributed by atoms with Gasteiger partial charge in [0.25, 0.3) is 0 Å². The topological polar surface area (TPSA) is 59.5 Å². The van der Waals surface area contributed by atoms with E-state index in [-0.39, 0.29) is 0 Å². The van der Waals surface area contributed by atoms with Gasteiger partial charge in [0.1, 0.15) is 12.1 Å². The van der Waals surface area contributed by atoms with Crippen LogP contribution in [0.4, 0.5) is 5.82 Å². The van der Waals surface area contributed by atoms with Crippen molar-refractivity contribution in [3.8, 4) is 0 Å². The molecule has 5 heteroatoms. The van der Waals surface area contributed by atoms with Crippen molar-refractivity contribution >= 4 is 11.5 Å². The number of anilines is 1. The highest BCUT2D eigenvalue weighted by molar-refractivity contribution is 5.53. The number of hydrogen-bond acceptors (Lipinski definition) is 4. The molecule has 0 radical (unpaired) electrons. The highest BCUT2D eigenvalue weighted by Crippen LogP contribution is 2.36. The van der Waals surface area contributed by atoms with Crippen molar-refractivity contribution in [2.75, 3.05) is 18.5 Å². The van der Waals surface area contributed by atoms with E-state index in [0.717, 1.165) is 17.4 Å². The number of nitrogens with zero attached hydrogens (tertiary/aromatic N) is 4. The molecule has 1 unspecified atom stereocenters. The van der Waals surface area contributed by atoms with E-state index in [1.807, 2.05) is 10.6 Å². The molecule has 2 aromatic heterocycles. The average Bonchev–Trinajstić information content (AvgIpc) is 3.06. The largest absolute Gasteiger partial charge is 0.355 e. The lowest BCUT2D eigenvalue weighted by Crippen LogP contribution is -2.40. The van der Waals surface area contributed by atoms with Gasteiger partial charge in [0.05, 0.1) is 0 Å². The fourth-order valence-corrected chi connectivity index (χ4v) is 2.60. The second-order valence-electron chi connectivity index (χ2n) is 5.17. The highest BCUT2D eigenvalue weighted by atomic mass is 15.4. The Morgan fingerprint density at radius 1 is 1.50 bits per heavy atom. The quantitative estimate of drug-likeness (QED) is 0.879. The monoisotopic (exact) mass is 245 g/mol. The normalized spacial score (nSPS) is 17.1. The number of likely N-dealkylation sites (N-methyl/N-ethyl adjacent to an activating group) is 1. The lowest BCUT2D eigenvalue weighted by Gasteiger charge is -2.29. The molecular formula is C13H19N5. The smallest absolute Gasteiger partial charge is 0.157 e. The van der Waals surface area contributed by atoms with Gasteiger partial charge in [-0.15, -0.1) is 0 Å². The van der Waals surface area contributed by atoms with Crippen molar-refractivity contribution < 1.29 is 0 Å². The molecular weight excluding hydrogens is 226 g/mol. The molecule has 96 valence electrons. The lowest BCUT2D eigenvalue weighted by molar-refractivity contribution is 0.561. The molecule has 2 aromatic rings. The summed E-state index contributed by atoms with van der Waals surface area (Å²) in [5.41, 5.74) is 8.01. The molecule has 18 heavy (non-hydrogen) atoms. The molecule has 1 atom stereocenters. The van der Waals surface area contributed by atoms with Crippen LogP contribution in [0.2, 0.25) is 0 Å². The van der Waals surface area contributed by atoms with Gasteiger partial charge in [0, 0.05) is 19.6 Å². The van der Waals surface area contributed by atoms with Crippen LogP contribution in [0.3, 0.4) is 0 Å². The number of pyridine rings is 1. The molecule has 0 aromatic carbocycles. The second kappa shape index (κ2) is 4.24. The Bertz CT molecular complexity index is 558. The van der Waals surface area contributed by atoms with E-state index in [4.69, 9.17) is 5.73 Å². The first-order chi connectivity index (χ1) is 8.70. The second-order valence-corrected chi connectivity index (χ2v) is 5.17. The summed E-state index contributed by atoms with van der Waals surface area (Å²) in [6.07, 6.45) is 4.18. The first-order valence-corrected chi connectivity index (χ1v) is 6.44. The number of aromatic nitrogens is 3. The van der Waals surface area contributed by atoms with Crippen molar-refractivity contribution in [3.05, 3.63) is 24.0 Å². The zero-order valence-electron chi connectivity index (χ0n) is 10.9. The summed E-state index contributed by atoms with van der Waals surface area (Å²) in [5, 5.41) is 4.30. The Labute approximate surface area is 107 Å². The fourth-order valence-electron chi connectivity index (χ4n) is 2.60. The van der Waals surface area contributed by atoms with Crippen LogP contribution in [0, 0.1) is 12.8 Å². The van der Waals surface area contributed by atoms with Gasteiger partial charge in [-0.2, -0.15) is 9.61 Å². The van der Waals surface area contributed by atoms with Crippen LogP contribution in [0.1, 0.15) is 18.4 Å². The number of nitrogens with two attached hydrogens (primary N) is 1. The van der Waals surface area contributed by atoms with Gasteiger partial charge in [0.15, 0.2) is 5.65 Å². The summed E-state index contributed by atoms with van der Waals surface area (Å²) >= 11 is 0. The van der Waals surface area contributed by atoms with Crippen LogP contribution in [-0.2, 0) is 0 Å². The molecule has 1 fully saturated rings. The van der Waals surface area contributed by atoms with Gasteiger partial charge in [0.2, 0.25) is 0 Å². The molecule has 5 nitrogen and oxygen atoms in total. The van der Waals surface area contributed by atoms with Gasteiger partial charge >= 0.3 is 0 Å². The highest BCUT2D eigenvalue weighted by Gasteiger charge is 2.33. The summed E-state index contributed by atoms with van der Waals surface area (Å²) in [5.74, 6) is 1.81. The Morgan fingerprint density at radius 3 is 2.94 bits per heavy atom. The first kappa shape index (κ1) is 11.5. The van der Waals surface area contributed by atoms with Crippen molar-refractivity contribution in [2.24, 2.45) is 11.7 Å². The maximum Gasteiger partial charge on any atom is 0.157 e. The van der Waals surface area contributed by atoms with Crippen LogP contribution < -0.4 is 10.6 Å². The van der Waals surface area contributed by atoms with E-state index >= 15 is 0 Å². The van der Waals surface area contributed by atoms with Crippen molar-refractivity contribution in [3.63, 3.8) is 0 Å². The van der Waals surface area contributed by atoms with E-state index in [0.29, 0.717) is 12.6 Å². The van der Waals surface area contributed by atoms with Crippen LogP contribution >= 0.6 is 0 Å². The van der Waals surface area contributed by atoms with Gasteiger partial charge in [-0.3, -0.25) is 0 Å². The molecule has 0 amide bonds. The summed E-state index contributed by atoms with van der Waals surface area (Å²) in [7, 11) is 2.10. The number of rotatable bonds is 4. The predicted molar refractivity (Wildman–Crippen MR) is 71.7 cm³/mol. The summed E-state index contributed by atoms with van der Waals surface area (Å²) in [6.45, 7) is 2.77. The van der Waals surface area contributed by atoms with Gasteiger partial charge in [-0.05, 0) is 43.4 Å². The SMILES string of the molecule is Cc1cc(N(C)C(CN)C2CC2)n2ncnc2c1. The van der Waals surface area contributed by atoms with E-state index in [1.54, 1.807) is 6.33 Å². The molecule has 0 spiro atoms. The van der Waals surface area contributed by atoms with E-state index < -0.39 is 0 Å². The third kappa shape index (κ3) is 1.84. The maximum absolute atomic E-state index is 5.92. The fraction of sp³-hybridized carbons (Fsp3) is 0.538. The van der Waals surface area contributed by atoms with Crippen LogP contribution in [0.15, 0.2) is 18.5 Å². The maximum atomic E-state index is 5.92. The molecule has 3 rings (SSSR count). The van der Waals surface area contributed by atoms with E-state index in [9.17, 15) is 0 Å². The lowest BCUT2D eigenvalue weighted by atomic mass is 10.1. The van der Waals surface area contributed by atoms with Gasteiger partial charge < -0.3 is 10.6 Å². The van der Waals surface area contributed by atoms with Gasteiger partial charge in [-0.25, -0.2) is 4.98 Å². The average molecular weight is 245 g/mol. The van der Waals surface area contributed by atoms with Crippen LogP contribution in [-0.4, -0.2) is 34.2 Å². The molecule has 0 aliphatic heterocycles. The Hall–Kier alpha value is -1.62. The van der Waals surface area contributed by atoms with Crippen molar-refractivity contribution in [1.82, 2.24) is 14.6 Å². The van der Waals surface area contributed by atoms with E-state index in [2.05, 4.69) is 35.0 Å². The Balaban J connectivity index is 2.03. The van der Waals surface area contributed by atoms with Crippen molar-refractivity contribution in [1.29, 1.82) is 0 Å². The van der Waals surface area contributed by atoms with Crippen molar-refractivity contribution in [2.45, 2.75) is 25.8 Å². The third-order valence-electron chi connectivity index (χ3n) is 3.77.